The lowest BCUT2D eigenvalue weighted by atomic mass is 10.2. The van der Waals surface area contributed by atoms with Crippen molar-refractivity contribution in [3.8, 4) is 0 Å². The predicted octanol–water partition coefficient (Wildman–Crippen LogP) is 2.66. The highest BCUT2D eigenvalue weighted by Crippen LogP contribution is 2.32. The first-order valence-electron chi connectivity index (χ1n) is 6.46. The first kappa shape index (κ1) is 12.6. The van der Waals surface area contributed by atoms with Crippen LogP contribution >= 0.6 is 0 Å². The van der Waals surface area contributed by atoms with Crippen LogP contribution in [-0.2, 0) is 11.3 Å². The van der Waals surface area contributed by atoms with Crippen molar-refractivity contribution in [2.24, 2.45) is 5.92 Å². The molecule has 2 rings (SSSR count). The second-order valence-electron chi connectivity index (χ2n) is 5.19. The number of nitrogens with one attached hydrogen (secondary N) is 1. The second kappa shape index (κ2) is 5.65. The van der Waals surface area contributed by atoms with Crippen molar-refractivity contribution < 1.29 is 9.15 Å². The number of aromatic nitrogens is 1. The van der Waals surface area contributed by atoms with Gasteiger partial charge in [0.1, 0.15) is 6.10 Å². The first-order chi connectivity index (χ1) is 8.15. The Hall–Kier alpha value is -0.870. The molecule has 1 fully saturated rings. The fourth-order valence-corrected chi connectivity index (χ4v) is 2.03. The fourth-order valence-electron chi connectivity index (χ4n) is 2.03. The maximum atomic E-state index is 5.75. The van der Waals surface area contributed by atoms with Crippen molar-refractivity contribution in [2.75, 3.05) is 6.54 Å². The maximum absolute atomic E-state index is 5.75. The molecule has 1 N–H and O–H groups in total. The minimum absolute atomic E-state index is 0.108. The molecule has 1 aromatic rings. The Morgan fingerprint density at radius 2 is 2.29 bits per heavy atom. The molecule has 0 saturated carbocycles. The summed E-state index contributed by atoms with van der Waals surface area (Å²) >= 11 is 0. The number of rotatable bonds is 5. The molecule has 17 heavy (non-hydrogen) atoms. The molecular weight excluding hydrogens is 216 g/mol. The fraction of sp³-hybridized carbons (Fsp3) is 0.769. The lowest BCUT2D eigenvalue weighted by Crippen LogP contribution is -2.19. The highest BCUT2D eigenvalue weighted by atomic mass is 16.5. The maximum Gasteiger partial charge on any atom is 0.208 e. The summed E-state index contributed by atoms with van der Waals surface area (Å²) in [4.78, 5) is 4.27. The van der Waals surface area contributed by atoms with Crippen LogP contribution in [0.4, 0.5) is 0 Å². The largest absolute Gasteiger partial charge is 0.442 e. The molecule has 4 heteroatoms. The molecule has 1 aromatic heterocycles. The number of hydrogen-bond acceptors (Lipinski definition) is 4. The molecule has 1 aliphatic heterocycles. The molecule has 96 valence electrons. The average Bonchev–Trinajstić information content (AvgIpc) is 2.86. The number of nitrogens with zero attached hydrogens (tertiary/aromatic N) is 1. The van der Waals surface area contributed by atoms with E-state index in [2.05, 4.69) is 31.1 Å². The Kier molecular flexibility index (Phi) is 4.18. The SMILES string of the molecule is CC(C)CNCc1ncc(C2CCC(C)O2)o1. The van der Waals surface area contributed by atoms with Crippen molar-refractivity contribution in [3.05, 3.63) is 17.8 Å². The van der Waals surface area contributed by atoms with Gasteiger partial charge in [0.25, 0.3) is 0 Å². The Labute approximate surface area is 103 Å². The average molecular weight is 238 g/mol. The van der Waals surface area contributed by atoms with Gasteiger partial charge in [-0.05, 0) is 32.2 Å². The Balaban J connectivity index is 1.83. The third-order valence-corrected chi connectivity index (χ3v) is 2.95. The van der Waals surface area contributed by atoms with Crippen molar-refractivity contribution in [3.63, 3.8) is 0 Å². The standard InChI is InChI=1S/C13H22N2O2/c1-9(2)6-14-8-13-15-7-12(17-13)11-5-4-10(3)16-11/h7,9-11,14H,4-6,8H2,1-3H3. The summed E-state index contributed by atoms with van der Waals surface area (Å²) in [5.41, 5.74) is 0. The van der Waals surface area contributed by atoms with Gasteiger partial charge in [-0.2, -0.15) is 0 Å². The highest BCUT2D eigenvalue weighted by molar-refractivity contribution is 5.00. The molecule has 2 heterocycles. The van der Waals surface area contributed by atoms with Crippen molar-refractivity contribution >= 4 is 0 Å². The number of hydrogen-bond donors (Lipinski definition) is 1. The van der Waals surface area contributed by atoms with Crippen molar-refractivity contribution in [2.45, 2.75) is 52.4 Å². The van der Waals surface area contributed by atoms with Crippen LogP contribution in [0.25, 0.3) is 0 Å². The third kappa shape index (κ3) is 3.54. The Bertz CT molecular complexity index is 349. The molecule has 0 aromatic carbocycles. The zero-order valence-electron chi connectivity index (χ0n) is 10.9. The molecule has 1 aliphatic rings. The van der Waals surface area contributed by atoms with Gasteiger partial charge in [0.2, 0.25) is 5.89 Å². The van der Waals surface area contributed by atoms with E-state index in [9.17, 15) is 0 Å². The van der Waals surface area contributed by atoms with Gasteiger partial charge < -0.3 is 14.5 Å². The lowest BCUT2D eigenvalue weighted by molar-refractivity contribution is 0.0417. The van der Waals surface area contributed by atoms with Crippen molar-refractivity contribution in [1.29, 1.82) is 0 Å². The summed E-state index contributed by atoms with van der Waals surface area (Å²) < 4.78 is 11.4. The quantitative estimate of drug-likeness (QED) is 0.856. The number of ether oxygens (including phenoxy) is 1. The van der Waals surface area contributed by atoms with Gasteiger partial charge in [0.05, 0.1) is 18.8 Å². The third-order valence-electron chi connectivity index (χ3n) is 2.95. The highest BCUT2D eigenvalue weighted by Gasteiger charge is 2.26. The predicted molar refractivity (Wildman–Crippen MR) is 65.6 cm³/mol. The topological polar surface area (TPSA) is 47.3 Å². The summed E-state index contributed by atoms with van der Waals surface area (Å²) in [6, 6.07) is 0. The molecule has 1 saturated heterocycles. The van der Waals surface area contributed by atoms with Gasteiger partial charge in [0.15, 0.2) is 5.76 Å². The molecule has 0 spiro atoms. The van der Waals surface area contributed by atoms with E-state index in [-0.39, 0.29) is 6.10 Å². The zero-order valence-corrected chi connectivity index (χ0v) is 10.9. The minimum Gasteiger partial charge on any atom is -0.442 e. The van der Waals surface area contributed by atoms with Crippen molar-refractivity contribution in [1.82, 2.24) is 10.3 Å². The Morgan fingerprint density at radius 3 is 2.94 bits per heavy atom. The molecule has 4 nitrogen and oxygen atoms in total. The van der Waals surface area contributed by atoms with Gasteiger partial charge in [-0.25, -0.2) is 4.98 Å². The van der Waals surface area contributed by atoms with Gasteiger partial charge in [0, 0.05) is 0 Å². The summed E-state index contributed by atoms with van der Waals surface area (Å²) in [7, 11) is 0. The van der Waals surface area contributed by atoms with Gasteiger partial charge in [-0.1, -0.05) is 13.8 Å². The summed E-state index contributed by atoms with van der Waals surface area (Å²) in [5.74, 6) is 2.27. The normalized spacial score (nSPS) is 24.7. The van der Waals surface area contributed by atoms with Gasteiger partial charge >= 0.3 is 0 Å². The molecule has 2 atom stereocenters. The monoisotopic (exact) mass is 238 g/mol. The van der Waals surface area contributed by atoms with E-state index in [1.165, 1.54) is 0 Å². The molecule has 0 aliphatic carbocycles. The van der Waals surface area contributed by atoms with Crippen LogP contribution in [0.15, 0.2) is 10.6 Å². The van der Waals surface area contributed by atoms with E-state index in [4.69, 9.17) is 9.15 Å². The van der Waals surface area contributed by atoms with E-state index in [0.29, 0.717) is 18.6 Å². The molecule has 0 radical (unpaired) electrons. The van der Waals surface area contributed by atoms with Crippen LogP contribution in [0.3, 0.4) is 0 Å². The van der Waals surface area contributed by atoms with Crippen LogP contribution in [0.2, 0.25) is 0 Å². The molecule has 0 amide bonds. The first-order valence-corrected chi connectivity index (χ1v) is 6.46. The summed E-state index contributed by atoms with van der Waals surface area (Å²) in [6.07, 6.45) is 4.39. The zero-order chi connectivity index (χ0) is 12.3. The second-order valence-corrected chi connectivity index (χ2v) is 5.19. The molecular formula is C13H22N2O2. The molecule has 2 unspecified atom stereocenters. The van der Waals surface area contributed by atoms with Crippen LogP contribution < -0.4 is 5.32 Å². The van der Waals surface area contributed by atoms with E-state index in [1.54, 1.807) is 6.20 Å². The van der Waals surface area contributed by atoms with Crippen LogP contribution in [0.5, 0.6) is 0 Å². The Morgan fingerprint density at radius 1 is 1.47 bits per heavy atom. The van der Waals surface area contributed by atoms with E-state index in [0.717, 1.165) is 31.0 Å². The minimum atomic E-state index is 0.108. The van der Waals surface area contributed by atoms with E-state index >= 15 is 0 Å². The number of oxazole rings is 1. The summed E-state index contributed by atoms with van der Waals surface area (Å²) in [5, 5.41) is 3.32. The van der Waals surface area contributed by atoms with E-state index < -0.39 is 0 Å². The van der Waals surface area contributed by atoms with Crippen LogP contribution in [-0.4, -0.2) is 17.6 Å². The van der Waals surface area contributed by atoms with Crippen LogP contribution in [0.1, 0.15) is 51.4 Å². The smallest absolute Gasteiger partial charge is 0.208 e. The summed E-state index contributed by atoms with van der Waals surface area (Å²) in [6.45, 7) is 8.14. The molecule has 0 bridgehead atoms. The van der Waals surface area contributed by atoms with Gasteiger partial charge in [-0.3, -0.25) is 0 Å². The van der Waals surface area contributed by atoms with Gasteiger partial charge in [-0.15, -0.1) is 0 Å². The lowest BCUT2D eigenvalue weighted by Gasteiger charge is -2.07. The van der Waals surface area contributed by atoms with Crippen LogP contribution in [0, 0.1) is 5.92 Å². The van der Waals surface area contributed by atoms with E-state index in [1.807, 2.05) is 0 Å².